The highest BCUT2D eigenvalue weighted by Crippen LogP contribution is 2.22. The Morgan fingerprint density at radius 1 is 1.07 bits per heavy atom. The molecule has 146 valence electrons. The molecular weight excluding hydrogens is 369 g/mol. The smallest absolute Gasteiger partial charge is 0.242 e. The van der Waals surface area contributed by atoms with Gasteiger partial charge in [-0.2, -0.15) is 0 Å². The average Bonchev–Trinajstić information content (AvgIpc) is 2.58. The van der Waals surface area contributed by atoms with Crippen LogP contribution < -0.4 is 5.32 Å². The molecule has 0 spiro atoms. The SMILES string of the molecule is Cc1ccc(NC(=O)CN(C)Cc2ccc(F)cc2)cc1S(=O)(=O)N(C)C. The van der Waals surface area contributed by atoms with Crippen molar-refractivity contribution in [1.29, 1.82) is 0 Å². The monoisotopic (exact) mass is 393 g/mol. The van der Waals surface area contributed by atoms with Crippen molar-refractivity contribution >= 4 is 21.6 Å². The van der Waals surface area contributed by atoms with Crippen LogP contribution >= 0.6 is 0 Å². The summed E-state index contributed by atoms with van der Waals surface area (Å²) in [4.78, 5) is 14.2. The second-order valence-corrected chi connectivity index (χ2v) is 8.73. The van der Waals surface area contributed by atoms with Crippen LogP contribution in [0.2, 0.25) is 0 Å². The fourth-order valence-corrected chi connectivity index (χ4v) is 3.70. The molecule has 0 aliphatic rings. The minimum atomic E-state index is -3.59. The van der Waals surface area contributed by atoms with Crippen LogP contribution in [0.1, 0.15) is 11.1 Å². The van der Waals surface area contributed by atoms with Crippen molar-refractivity contribution in [3.63, 3.8) is 0 Å². The van der Waals surface area contributed by atoms with Crippen molar-refractivity contribution in [2.45, 2.75) is 18.4 Å². The Balaban J connectivity index is 2.04. The lowest BCUT2D eigenvalue weighted by molar-refractivity contribution is -0.117. The summed E-state index contributed by atoms with van der Waals surface area (Å²) in [5, 5.41) is 2.72. The Morgan fingerprint density at radius 3 is 2.30 bits per heavy atom. The summed E-state index contributed by atoms with van der Waals surface area (Å²) in [6.07, 6.45) is 0. The summed E-state index contributed by atoms with van der Waals surface area (Å²) in [7, 11) is 1.11. The van der Waals surface area contributed by atoms with Crippen molar-refractivity contribution in [3.05, 3.63) is 59.4 Å². The summed E-state index contributed by atoms with van der Waals surface area (Å²) in [5.41, 5.74) is 1.91. The molecule has 0 unspecified atom stereocenters. The lowest BCUT2D eigenvalue weighted by Gasteiger charge is -2.18. The first-order valence-corrected chi connectivity index (χ1v) is 9.79. The molecule has 2 rings (SSSR count). The van der Waals surface area contributed by atoms with Gasteiger partial charge >= 0.3 is 0 Å². The van der Waals surface area contributed by atoms with E-state index in [0.29, 0.717) is 17.8 Å². The molecule has 8 heteroatoms. The molecule has 0 saturated carbocycles. The van der Waals surface area contributed by atoms with Gasteiger partial charge in [0.25, 0.3) is 0 Å². The zero-order valence-electron chi connectivity index (χ0n) is 15.9. The van der Waals surface area contributed by atoms with Gasteiger partial charge in [0.1, 0.15) is 5.82 Å². The van der Waals surface area contributed by atoms with E-state index in [4.69, 9.17) is 0 Å². The summed E-state index contributed by atoms with van der Waals surface area (Å²) in [5.74, 6) is -0.571. The lowest BCUT2D eigenvalue weighted by Crippen LogP contribution is -2.30. The molecule has 0 heterocycles. The second-order valence-electron chi connectivity index (χ2n) is 6.61. The number of nitrogens with one attached hydrogen (secondary N) is 1. The molecule has 2 aromatic rings. The minimum Gasteiger partial charge on any atom is -0.325 e. The number of likely N-dealkylation sites (N-methyl/N-ethyl adjacent to an activating group) is 1. The van der Waals surface area contributed by atoms with Gasteiger partial charge in [-0.3, -0.25) is 9.69 Å². The highest BCUT2D eigenvalue weighted by Gasteiger charge is 2.20. The molecule has 6 nitrogen and oxygen atoms in total. The molecule has 1 amide bonds. The van der Waals surface area contributed by atoms with E-state index in [1.165, 1.54) is 32.3 Å². The largest absolute Gasteiger partial charge is 0.325 e. The second kappa shape index (κ2) is 8.60. The average molecular weight is 393 g/mol. The van der Waals surface area contributed by atoms with Gasteiger partial charge in [-0.25, -0.2) is 17.1 Å². The van der Waals surface area contributed by atoms with Crippen molar-refractivity contribution < 1.29 is 17.6 Å². The normalized spacial score (nSPS) is 11.8. The van der Waals surface area contributed by atoms with Crippen molar-refractivity contribution in [2.75, 3.05) is 33.0 Å². The number of hydrogen-bond donors (Lipinski definition) is 1. The highest BCUT2D eigenvalue weighted by molar-refractivity contribution is 7.89. The van der Waals surface area contributed by atoms with Gasteiger partial charge in [0.2, 0.25) is 15.9 Å². The zero-order chi connectivity index (χ0) is 20.2. The quantitative estimate of drug-likeness (QED) is 0.785. The summed E-state index contributed by atoms with van der Waals surface area (Å²) in [6, 6.07) is 10.9. The molecule has 0 aromatic heterocycles. The minimum absolute atomic E-state index is 0.112. The van der Waals surface area contributed by atoms with Gasteiger partial charge in [0.05, 0.1) is 11.4 Å². The van der Waals surface area contributed by atoms with Gasteiger partial charge in [0.15, 0.2) is 0 Å². The molecule has 27 heavy (non-hydrogen) atoms. The molecule has 0 radical (unpaired) electrons. The Morgan fingerprint density at radius 2 is 1.70 bits per heavy atom. The third-order valence-electron chi connectivity index (χ3n) is 4.01. The van der Waals surface area contributed by atoms with E-state index in [1.807, 2.05) is 0 Å². The van der Waals surface area contributed by atoms with Crippen LogP contribution in [0.3, 0.4) is 0 Å². The third kappa shape index (κ3) is 5.59. The number of carbonyl (C=O) groups excluding carboxylic acids is 1. The van der Waals surface area contributed by atoms with Gasteiger partial charge < -0.3 is 5.32 Å². The highest BCUT2D eigenvalue weighted by atomic mass is 32.2. The summed E-state index contributed by atoms with van der Waals surface area (Å²) >= 11 is 0. The molecule has 0 bridgehead atoms. The number of anilines is 1. The topological polar surface area (TPSA) is 69.7 Å². The molecule has 2 aromatic carbocycles. The zero-order valence-corrected chi connectivity index (χ0v) is 16.7. The van der Waals surface area contributed by atoms with Gasteiger partial charge in [-0.1, -0.05) is 18.2 Å². The van der Waals surface area contributed by atoms with E-state index in [-0.39, 0.29) is 23.2 Å². The Bertz CT molecular complexity index is 912. The predicted octanol–water partition coefficient (Wildman–Crippen LogP) is 2.45. The van der Waals surface area contributed by atoms with Crippen molar-refractivity contribution in [2.24, 2.45) is 0 Å². The third-order valence-corrected chi connectivity index (χ3v) is 5.97. The van der Waals surface area contributed by atoms with Crippen LogP contribution in [0.25, 0.3) is 0 Å². The first-order chi connectivity index (χ1) is 12.6. The number of benzene rings is 2. The number of hydrogen-bond acceptors (Lipinski definition) is 4. The van der Waals surface area contributed by atoms with E-state index >= 15 is 0 Å². The van der Waals surface area contributed by atoms with Crippen LogP contribution in [0, 0.1) is 12.7 Å². The molecule has 0 fully saturated rings. The number of rotatable bonds is 7. The van der Waals surface area contributed by atoms with Crippen molar-refractivity contribution in [3.8, 4) is 0 Å². The maximum Gasteiger partial charge on any atom is 0.242 e. The first-order valence-electron chi connectivity index (χ1n) is 8.35. The van der Waals surface area contributed by atoms with E-state index in [2.05, 4.69) is 5.32 Å². The molecular formula is C19H24FN3O3S. The van der Waals surface area contributed by atoms with E-state index in [0.717, 1.165) is 9.87 Å². The van der Waals surface area contributed by atoms with Crippen LogP contribution in [0.15, 0.2) is 47.4 Å². The van der Waals surface area contributed by atoms with E-state index in [1.54, 1.807) is 43.1 Å². The van der Waals surface area contributed by atoms with Gasteiger partial charge in [0, 0.05) is 26.3 Å². The van der Waals surface area contributed by atoms with E-state index in [9.17, 15) is 17.6 Å². The summed E-state index contributed by atoms with van der Waals surface area (Å²) in [6.45, 7) is 2.31. The summed E-state index contributed by atoms with van der Waals surface area (Å²) < 4.78 is 38.8. The Kier molecular flexibility index (Phi) is 6.69. The molecule has 0 atom stereocenters. The van der Waals surface area contributed by atoms with Crippen LogP contribution in [-0.4, -0.2) is 51.2 Å². The van der Waals surface area contributed by atoms with Crippen molar-refractivity contribution in [1.82, 2.24) is 9.21 Å². The number of halogens is 1. The standard InChI is InChI=1S/C19H24FN3O3S/c1-14-5-10-17(11-18(14)27(25,26)22(2)3)21-19(24)13-23(4)12-15-6-8-16(20)9-7-15/h5-11H,12-13H2,1-4H3,(H,21,24). The number of carbonyl (C=O) groups is 1. The molecule has 1 N–H and O–H groups in total. The fourth-order valence-electron chi connectivity index (χ4n) is 2.56. The number of amides is 1. The molecule has 0 aliphatic heterocycles. The maximum atomic E-state index is 12.9. The Labute approximate surface area is 159 Å². The van der Waals surface area contributed by atoms with Crippen LogP contribution in [0.4, 0.5) is 10.1 Å². The fraction of sp³-hybridized carbons (Fsp3) is 0.316. The Hall–Kier alpha value is -2.29. The van der Waals surface area contributed by atoms with Crippen LogP contribution in [-0.2, 0) is 21.4 Å². The van der Waals surface area contributed by atoms with E-state index < -0.39 is 10.0 Å². The molecule has 0 saturated heterocycles. The first kappa shape index (κ1) is 21.0. The maximum absolute atomic E-state index is 12.9. The number of sulfonamides is 1. The van der Waals surface area contributed by atoms with Gasteiger partial charge in [-0.05, 0) is 49.4 Å². The number of aryl methyl sites for hydroxylation is 1. The molecule has 0 aliphatic carbocycles. The predicted molar refractivity (Wildman–Crippen MR) is 103 cm³/mol. The lowest BCUT2D eigenvalue weighted by atomic mass is 10.2. The van der Waals surface area contributed by atoms with Crippen LogP contribution in [0.5, 0.6) is 0 Å². The van der Waals surface area contributed by atoms with Gasteiger partial charge in [-0.15, -0.1) is 0 Å². The number of nitrogens with zero attached hydrogens (tertiary/aromatic N) is 2.